The third-order valence-electron chi connectivity index (χ3n) is 21.0. The summed E-state index contributed by atoms with van der Waals surface area (Å²) in [6.45, 7) is 7.49. The van der Waals surface area contributed by atoms with Gasteiger partial charge < -0.3 is 128 Å². The van der Waals surface area contributed by atoms with Gasteiger partial charge in [0.15, 0.2) is 23.9 Å². The largest absolute Gasteiger partial charge is 0.508 e. The van der Waals surface area contributed by atoms with Crippen molar-refractivity contribution < 1.29 is 118 Å². The zero-order valence-corrected chi connectivity index (χ0v) is 68.8. The highest BCUT2D eigenvalue weighted by atomic mass is 35.5. The number of nitrogens with zero attached hydrogens (tertiary/aromatic N) is 1. The summed E-state index contributed by atoms with van der Waals surface area (Å²) in [5.74, 6) is -15.6. The van der Waals surface area contributed by atoms with Crippen molar-refractivity contribution in [3.05, 3.63) is 175 Å². The second-order valence-electron chi connectivity index (χ2n) is 30.4. The molecule has 7 aromatic rings. The molecule has 37 nitrogen and oxygen atoms in total. The summed E-state index contributed by atoms with van der Waals surface area (Å²) in [6, 6.07) is 5.90. The molecule has 7 aliphatic rings. The average molecular weight is 1770 g/mol. The quantitative estimate of drug-likeness (QED) is 0.0486. The number of benzene rings is 6. The van der Waals surface area contributed by atoms with E-state index in [1.54, 1.807) is 19.9 Å². The second kappa shape index (κ2) is 38.3. The van der Waals surface area contributed by atoms with E-state index in [9.17, 15) is 65.1 Å². The molecular weight excluding hydrogens is 1680 g/mol. The van der Waals surface area contributed by atoms with E-state index in [-0.39, 0.29) is 86.2 Å². The normalized spacial score (nSPS) is 26.3. The van der Waals surface area contributed by atoms with Gasteiger partial charge in [-0.15, -0.1) is 0 Å². The number of rotatable bonds is 20. The number of fused-ring (bicyclic) bond motifs is 15. The number of aliphatic hydroxyl groups is 6. The molecule has 11 bridgehead atoms. The summed E-state index contributed by atoms with van der Waals surface area (Å²) in [7, 11) is 1.47. The molecule has 7 aliphatic heterocycles. The maximum Gasteiger partial charge on any atom is 0.261 e. The van der Waals surface area contributed by atoms with Crippen LogP contribution in [0.5, 0.6) is 46.0 Å². The van der Waals surface area contributed by atoms with Crippen LogP contribution in [-0.2, 0) is 59.1 Å². The third-order valence-corrected chi connectivity index (χ3v) is 22.0. The van der Waals surface area contributed by atoms with E-state index in [0.29, 0.717) is 5.56 Å². The maximum absolute atomic E-state index is 16.3. The molecular formula is C81H89Cl4N13O24. The molecule has 16 unspecified atom stereocenters. The van der Waals surface area contributed by atoms with Gasteiger partial charge in [-0.2, -0.15) is 0 Å². The fourth-order valence-electron chi connectivity index (χ4n) is 14.7. The number of anilines is 1. The fourth-order valence-corrected chi connectivity index (χ4v) is 15.7. The summed E-state index contributed by atoms with van der Waals surface area (Å²) < 4.78 is 39.5. The van der Waals surface area contributed by atoms with Gasteiger partial charge in [0.1, 0.15) is 95.5 Å². The van der Waals surface area contributed by atoms with E-state index in [2.05, 4.69) is 63.7 Å². The number of amides is 9. The molecule has 18 atom stereocenters. The Kier molecular flexibility index (Phi) is 28.4. The Morgan fingerprint density at radius 3 is 1.97 bits per heavy atom. The second-order valence-corrected chi connectivity index (χ2v) is 32.0. The lowest BCUT2D eigenvalue weighted by molar-refractivity contribution is -0.334. The highest BCUT2D eigenvalue weighted by Crippen LogP contribution is 2.50. The van der Waals surface area contributed by atoms with Crippen LogP contribution in [0, 0.1) is 5.92 Å². The molecule has 2 fully saturated rings. The van der Waals surface area contributed by atoms with Crippen LogP contribution >= 0.6 is 46.4 Å². The number of carbonyl (C=O) groups excluding carboxylic acids is 9. The number of phenolic OH excluding ortho intramolecular Hbond substituents is 3. The van der Waals surface area contributed by atoms with Gasteiger partial charge in [0.2, 0.25) is 53.4 Å². The monoisotopic (exact) mass is 1770 g/mol. The summed E-state index contributed by atoms with van der Waals surface area (Å²) in [6.07, 6.45) is -16.3. The first kappa shape index (κ1) is 90.4. The van der Waals surface area contributed by atoms with Crippen molar-refractivity contribution in [3.63, 3.8) is 0 Å². The van der Waals surface area contributed by atoms with Crippen LogP contribution in [0.1, 0.15) is 128 Å². The Labute approximate surface area is 715 Å². The number of carbonyl (C=O) groups is 9. The molecule has 6 aromatic carbocycles. The summed E-state index contributed by atoms with van der Waals surface area (Å²) in [5, 5.41) is 130. The first-order valence-electron chi connectivity index (χ1n) is 38.4. The lowest BCUT2D eigenvalue weighted by Crippen LogP contribution is -2.65. The van der Waals surface area contributed by atoms with Crippen LogP contribution in [0.15, 0.2) is 116 Å². The van der Waals surface area contributed by atoms with E-state index >= 15 is 24.0 Å². The first-order chi connectivity index (χ1) is 57.9. The minimum absolute atomic E-state index is 0.0149. The van der Waals surface area contributed by atoms with Crippen molar-refractivity contribution in [2.24, 2.45) is 11.7 Å². The summed E-state index contributed by atoms with van der Waals surface area (Å²) in [5.41, 5.74) is 7.89. The third kappa shape index (κ3) is 20.3. The highest BCUT2D eigenvalue weighted by Gasteiger charge is 2.52. The molecule has 0 aliphatic carbocycles. The number of aliphatic hydroxyl groups excluding tert-OH is 6. The molecule has 0 radical (unpaired) electrons. The number of hydrazine groups is 1. The number of pyridine rings is 1. The highest BCUT2D eigenvalue weighted by molar-refractivity contribution is 6.35. The smallest absolute Gasteiger partial charge is 0.261 e. The van der Waals surface area contributed by atoms with Gasteiger partial charge in [0.25, 0.3) is 11.8 Å². The standard InChI is InChI=1S/C81H89Cl4N13O24/c1-7-90-98-79(116)62-45-24-43(100)25-51(102)59(45)44-18-35(8-11-50(44)101)60-75(112)97-64(78(115)95-62)66(105)37-10-13-53(47(85)20-37)119-55-22-38-21-54(118-52-12-9-36(19-46(52)84)65(104)63(96-73(110)48(87-6)14-32(2)3)77(114)92-49(26-57(86)103)74(111)93-61(38)76(113)94-60)69(55)122-80-70(68(107)67(106)56(31-99)120-80)121-58-27-81(5,71(108)33(4)117-58)89-29-34-15-42(30-88-28-34)91-72(109)39-16-40(82)23-41(83)17-39/h8-13,15-25,28,30,32-33,48-49,56,58,60-68,70-71,80,87,89-90,99-102,104-108H,7,14,26-27,29,31H2,1-6H3,(H2,86,103)(H,91,109)(H,92,114)(H,93,111)(H,94,113)(H,95,115)(H,96,110)(H,97,112)(H,98,116)/t33?,48?,49?,56?,58?,60?,61?,62-,63?,64?,65?,66?,67?,68?,70?,71?,80?,81-/m1/s1. The zero-order chi connectivity index (χ0) is 88.2. The van der Waals surface area contributed by atoms with E-state index in [1.165, 1.54) is 62.8 Å². The van der Waals surface area contributed by atoms with E-state index in [0.717, 1.165) is 60.7 Å². The van der Waals surface area contributed by atoms with Crippen molar-refractivity contribution in [2.45, 2.75) is 170 Å². The molecule has 9 amide bonds. The van der Waals surface area contributed by atoms with Crippen molar-refractivity contribution in [1.82, 2.24) is 58.4 Å². The molecule has 1 aromatic heterocycles. The van der Waals surface area contributed by atoms with Gasteiger partial charge in [0.05, 0.1) is 53.2 Å². The molecule has 22 N–H and O–H groups in total. The molecule has 41 heteroatoms. The molecule has 0 spiro atoms. The Morgan fingerprint density at radius 2 is 1.34 bits per heavy atom. The number of primary amides is 1. The van der Waals surface area contributed by atoms with Gasteiger partial charge in [0, 0.05) is 64.0 Å². The Morgan fingerprint density at radius 1 is 0.697 bits per heavy atom. The minimum atomic E-state index is -2.37. The van der Waals surface area contributed by atoms with E-state index in [1.807, 2.05) is 13.8 Å². The molecule has 2 saturated heterocycles. The molecule has 122 heavy (non-hydrogen) atoms. The zero-order valence-electron chi connectivity index (χ0n) is 65.8. The Bertz CT molecular complexity index is 5180. The number of aromatic hydroxyl groups is 3. The van der Waals surface area contributed by atoms with Crippen molar-refractivity contribution >= 4 is 105 Å². The number of ether oxygens (including phenoxy) is 6. The number of aromatic nitrogens is 1. The lowest BCUT2D eigenvalue weighted by Gasteiger charge is -2.48. The summed E-state index contributed by atoms with van der Waals surface area (Å²) >= 11 is 26.7. The predicted molar refractivity (Wildman–Crippen MR) is 435 cm³/mol. The maximum atomic E-state index is 16.3. The minimum Gasteiger partial charge on any atom is -0.508 e. The van der Waals surface area contributed by atoms with E-state index in [4.69, 9.17) is 80.6 Å². The lowest BCUT2D eigenvalue weighted by atomic mass is 9.84. The summed E-state index contributed by atoms with van der Waals surface area (Å²) in [4.78, 5) is 137. The molecule has 8 heterocycles. The van der Waals surface area contributed by atoms with Gasteiger partial charge in [-0.25, -0.2) is 5.43 Å². The average Bonchev–Trinajstić information content (AvgIpc) is 0.765. The number of phenols is 3. The van der Waals surface area contributed by atoms with Crippen LogP contribution in [0.3, 0.4) is 0 Å². The molecule has 650 valence electrons. The molecule has 0 saturated carbocycles. The van der Waals surface area contributed by atoms with Gasteiger partial charge in [-0.05, 0) is 145 Å². The number of hydrogen-bond donors (Lipinski definition) is 21. The first-order valence-corrected chi connectivity index (χ1v) is 39.9. The van der Waals surface area contributed by atoms with E-state index < -0.39 is 237 Å². The molecule has 14 rings (SSSR count). The topological polar surface area (TPSA) is 562 Å². The number of hydrogen-bond acceptors (Lipinski definition) is 28. The Balaban J connectivity index is 1.03. The number of nitrogens with one attached hydrogen (secondary N) is 11. The van der Waals surface area contributed by atoms with Crippen molar-refractivity contribution in [2.75, 3.05) is 25.5 Å². The van der Waals surface area contributed by atoms with Gasteiger partial charge in [-0.1, -0.05) is 85.4 Å². The van der Waals surface area contributed by atoms with Crippen LogP contribution in [-0.4, -0.2) is 203 Å². The van der Waals surface area contributed by atoms with Crippen LogP contribution in [0.2, 0.25) is 20.1 Å². The predicted octanol–water partition coefficient (Wildman–Crippen LogP) is 3.45. The number of halogens is 4. The fraction of sp³-hybridized carbons (Fsp3) is 0.383. The SMILES string of the molecule is CCNNC(=O)[C@@H]1NC(=O)C2NC(=O)C(NC(=O)C3NC(=O)C(CC(N)=O)NC(=O)C(NC(=O)C(CC(C)C)NC)C(O)c4ccc(c(Cl)c4)Oc4cc3cc(c4OC3OC(CO)C(O)C(O)C3OC3C[C@@](C)(NCc4cncc(NC(=O)c5cc(Cl)cc(Cl)c5)c4)C(O)C(C)O3)Oc3ccc(cc3Cl)C2O)c2ccc(O)c(c2)-c2c(O)cc(O)cc21. The Hall–Kier alpha value is -10.8. The van der Waals surface area contributed by atoms with Crippen molar-refractivity contribution in [3.8, 4) is 57.1 Å². The van der Waals surface area contributed by atoms with Crippen LogP contribution < -0.4 is 78.6 Å². The van der Waals surface area contributed by atoms with Crippen LogP contribution in [0.25, 0.3) is 11.1 Å². The number of nitrogens with two attached hydrogens (primary N) is 1. The number of likely N-dealkylation sites (N-methyl/N-ethyl adjacent to an activating group) is 1. The van der Waals surface area contributed by atoms with Crippen molar-refractivity contribution in [1.29, 1.82) is 0 Å². The van der Waals surface area contributed by atoms with Gasteiger partial charge in [-0.3, -0.25) is 53.6 Å². The van der Waals surface area contributed by atoms with Gasteiger partial charge >= 0.3 is 0 Å². The van der Waals surface area contributed by atoms with Crippen LogP contribution in [0.4, 0.5) is 5.69 Å².